The van der Waals surface area contributed by atoms with Crippen molar-refractivity contribution < 1.29 is 0 Å². The highest BCUT2D eigenvalue weighted by molar-refractivity contribution is 5.86. The number of aromatic nitrogens is 1. The second-order valence-electron chi connectivity index (χ2n) is 3.92. The molecule has 0 aliphatic heterocycles. The highest BCUT2D eigenvalue weighted by Gasteiger charge is 2.06. The maximum absolute atomic E-state index is 4.60. The second-order valence-corrected chi connectivity index (χ2v) is 3.92. The fraction of sp³-hybridized carbons (Fsp3) is 0.308. The summed E-state index contributed by atoms with van der Waals surface area (Å²) in [6.45, 7) is 8.54. The van der Waals surface area contributed by atoms with Crippen LogP contribution in [0.5, 0.6) is 0 Å². The molecule has 1 aromatic carbocycles. The minimum Gasteiger partial charge on any atom is -0.253 e. The van der Waals surface area contributed by atoms with E-state index in [0.717, 1.165) is 11.2 Å². The van der Waals surface area contributed by atoms with Crippen molar-refractivity contribution in [3.05, 3.63) is 40.6 Å². The zero-order valence-electron chi connectivity index (χ0n) is 9.18. The van der Waals surface area contributed by atoms with Gasteiger partial charge in [0.25, 0.3) is 0 Å². The lowest BCUT2D eigenvalue weighted by molar-refractivity contribution is 1.16. The Morgan fingerprint density at radius 1 is 0.929 bits per heavy atom. The summed E-state index contributed by atoms with van der Waals surface area (Å²) >= 11 is 0. The molecule has 1 heterocycles. The second kappa shape index (κ2) is 3.09. The quantitative estimate of drug-likeness (QED) is 0.612. The molecule has 0 saturated carbocycles. The van der Waals surface area contributed by atoms with E-state index < -0.39 is 0 Å². The first kappa shape index (κ1) is 9.20. The van der Waals surface area contributed by atoms with Crippen LogP contribution in [0.2, 0.25) is 0 Å². The Bertz CT molecular complexity index is 498. The Morgan fingerprint density at radius 2 is 1.64 bits per heavy atom. The van der Waals surface area contributed by atoms with Crippen LogP contribution < -0.4 is 0 Å². The number of fused-ring (bicyclic) bond motifs is 1. The van der Waals surface area contributed by atoms with Gasteiger partial charge in [0.15, 0.2) is 0 Å². The van der Waals surface area contributed by atoms with E-state index in [-0.39, 0.29) is 0 Å². The van der Waals surface area contributed by atoms with Crippen molar-refractivity contribution in [2.24, 2.45) is 0 Å². The van der Waals surface area contributed by atoms with E-state index in [1.807, 2.05) is 0 Å². The van der Waals surface area contributed by atoms with Gasteiger partial charge in [-0.2, -0.15) is 0 Å². The Kier molecular flexibility index (Phi) is 2.03. The van der Waals surface area contributed by atoms with Crippen molar-refractivity contribution in [1.82, 2.24) is 4.98 Å². The first-order valence-corrected chi connectivity index (χ1v) is 4.94. The van der Waals surface area contributed by atoms with Gasteiger partial charge in [-0.05, 0) is 50.5 Å². The normalized spacial score (nSPS) is 10.9. The molecular formula is C13H15N. The van der Waals surface area contributed by atoms with Gasteiger partial charge in [0.2, 0.25) is 0 Å². The van der Waals surface area contributed by atoms with Gasteiger partial charge >= 0.3 is 0 Å². The Labute approximate surface area is 84.8 Å². The van der Waals surface area contributed by atoms with Crippen molar-refractivity contribution in [1.29, 1.82) is 0 Å². The van der Waals surface area contributed by atoms with E-state index in [9.17, 15) is 0 Å². The monoisotopic (exact) mass is 185 g/mol. The summed E-state index contributed by atoms with van der Waals surface area (Å²) in [5, 5.41) is 1.32. The Morgan fingerprint density at radius 3 is 2.36 bits per heavy atom. The van der Waals surface area contributed by atoms with Gasteiger partial charge in [-0.25, -0.2) is 0 Å². The van der Waals surface area contributed by atoms with Crippen molar-refractivity contribution in [3.8, 4) is 0 Å². The number of rotatable bonds is 0. The molecule has 0 spiro atoms. The van der Waals surface area contributed by atoms with Crippen LogP contribution in [0.25, 0.3) is 10.9 Å². The maximum Gasteiger partial charge on any atom is 0.0710 e. The lowest BCUT2D eigenvalue weighted by atomic mass is 10.00. The van der Waals surface area contributed by atoms with Gasteiger partial charge in [-0.1, -0.05) is 12.1 Å². The highest BCUT2D eigenvalue weighted by atomic mass is 14.7. The molecule has 14 heavy (non-hydrogen) atoms. The van der Waals surface area contributed by atoms with Crippen LogP contribution in [-0.2, 0) is 0 Å². The standard InChI is InChI=1S/C13H15N/c1-8-6-5-7-12-13(8)10(3)9(2)11(4)14-12/h5-7H,1-4H3. The molecule has 0 atom stereocenters. The summed E-state index contributed by atoms with van der Waals surface area (Å²) in [6, 6.07) is 6.30. The molecule has 1 aromatic heterocycles. The molecule has 2 rings (SSSR count). The number of benzene rings is 1. The molecular weight excluding hydrogens is 170 g/mol. The molecule has 1 heteroatoms. The molecule has 0 bridgehead atoms. The number of hydrogen-bond acceptors (Lipinski definition) is 1. The molecule has 1 nitrogen and oxygen atoms in total. The first-order chi connectivity index (χ1) is 6.61. The first-order valence-electron chi connectivity index (χ1n) is 4.94. The fourth-order valence-corrected chi connectivity index (χ4v) is 1.96. The van der Waals surface area contributed by atoms with Gasteiger partial charge in [0.1, 0.15) is 0 Å². The van der Waals surface area contributed by atoms with E-state index in [4.69, 9.17) is 0 Å². The van der Waals surface area contributed by atoms with Crippen LogP contribution in [-0.4, -0.2) is 4.98 Å². The van der Waals surface area contributed by atoms with Crippen molar-refractivity contribution in [3.63, 3.8) is 0 Å². The predicted molar refractivity (Wildman–Crippen MR) is 60.7 cm³/mol. The molecule has 0 amide bonds. The van der Waals surface area contributed by atoms with E-state index in [1.165, 1.54) is 22.1 Å². The van der Waals surface area contributed by atoms with E-state index in [2.05, 4.69) is 50.9 Å². The lowest BCUT2D eigenvalue weighted by Gasteiger charge is -2.10. The van der Waals surface area contributed by atoms with Crippen molar-refractivity contribution in [2.75, 3.05) is 0 Å². The largest absolute Gasteiger partial charge is 0.253 e. The van der Waals surface area contributed by atoms with E-state index in [0.29, 0.717) is 0 Å². The van der Waals surface area contributed by atoms with E-state index >= 15 is 0 Å². The van der Waals surface area contributed by atoms with Crippen LogP contribution in [0, 0.1) is 27.7 Å². The zero-order valence-corrected chi connectivity index (χ0v) is 9.18. The Hall–Kier alpha value is -1.37. The third kappa shape index (κ3) is 1.20. The van der Waals surface area contributed by atoms with Crippen LogP contribution in [0.3, 0.4) is 0 Å². The molecule has 72 valence electrons. The summed E-state index contributed by atoms with van der Waals surface area (Å²) in [5.74, 6) is 0. The van der Waals surface area contributed by atoms with Crippen LogP contribution in [0.4, 0.5) is 0 Å². The molecule has 0 saturated heterocycles. The molecule has 0 radical (unpaired) electrons. The van der Waals surface area contributed by atoms with Gasteiger partial charge in [-0.3, -0.25) is 4.98 Å². The summed E-state index contributed by atoms with van der Waals surface area (Å²) < 4.78 is 0. The summed E-state index contributed by atoms with van der Waals surface area (Å²) in [5.41, 5.74) is 6.25. The summed E-state index contributed by atoms with van der Waals surface area (Å²) in [7, 11) is 0. The SMILES string of the molecule is Cc1nc2cccc(C)c2c(C)c1C. The molecule has 0 fully saturated rings. The predicted octanol–water partition coefficient (Wildman–Crippen LogP) is 3.47. The molecule has 0 N–H and O–H groups in total. The zero-order chi connectivity index (χ0) is 10.3. The van der Waals surface area contributed by atoms with Crippen molar-refractivity contribution in [2.45, 2.75) is 27.7 Å². The minimum absolute atomic E-state index is 1.12. The van der Waals surface area contributed by atoms with Crippen molar-refractivity contribution >= 4 is 10.9 Å². The number of hydrogen-bond donors (Lipinski definition) is 0. The third-order valence-electron chi connectivity index (χ3n) is 3.02. The molecule has 0 aliphatic carbocycles. The summed E-state index contributed by atoms with van der Waals surface area (Å²) in [4.78, 5) is 4.60. The Balaban J connectivity index is 2.99. The minimum atomic E-state index is 1.12. The third-order valence-corrected chi connectivity index (χ3v) is 3.02. The summed E-state index contributed by atoms with van der Waals surface area (Å²) in [6.07, 6.45) is 0. The maximum atomic E-state index is 4.60. The van der Waals surface area contributed by atoms with Gasteiger partial charge in [-0.15, -0.1) is 0 Å². The van der Waals surface area contributed by atoms with Crippen LogP contribution in [0.15, 0.2) is 18.2 Å². The van der Waals surface area contributed by atoms with Gasteiger partial charge in [0.05, 0.1) is 5.52 Å². The average molecular weight is 185 g/mol. The molecule has 0 unspecified atom stereocenters. The fourth-order valence-electron chi connectivity index (χ4n) is 1.96. The average Bonchev–Trinajstić information content (AvgIpc) is 2.14. The van der Waals surface area contributed by atoms with Crippen LogP contribution >= 0.6 is 0 Å². The van der Waals surface area contributed by atoms with Crippen LogP contribution in [0.1, 0.15) is 22.4 Å². The van der Waals surface area contributed by atoms with Gasteiger partial charge < -0.3 is 0 Å². The number of aryl methyl sites for hydroxylation is 3. The van der Waals surface area contributed by atoms with E-state index in [1.54, 1.807) is 0 Å². The number of nitrogens with zero attached hydrogens (tertiary/aromatic N) is 1. The lowest BCUT2D eigenvalue weighted by Crippen LogP contribution is -1.94. The molecule has 0 aliphatic rings. The van der Waals surface area contributed by atoms with Gasteiger partial charge in [0, 0.05) is 11.1 Å². The number of pyridine rings is 1. The highest BCUT2D eigenvalue weighted by Crippen LogP contribution is 2.24. The molecule has 2 aromatic rings. The topological polar surface area (TPSA) is 12.9 Å². The smallest absolute Gasteiger partial charge is 0.0710 e.